The molecule has 0 spiro atoms. The van der Waals surface area contributed by atoms with Crippen LogP contribution in [0.5, 0.6) is 0 Å². The molecule has 7 heteroatoms. The summed E-state index contributed by atoms with van der Waals surface area (Å²) in [6.45, 7) is 4.48. The van der Waals surface area contributed by atoms with E-state index in [4.69, 9.17) is 4.52 Å². The summed E-state index contributed by atoms with van der Waals surface area (Å²) in [5, 5.41) is 3.95. The van der Waals surface area contributed by atoms with E-state index in [1.165, 1.54) is 4.31 Å². The summed E-state index contributed by atoms with van der Waals surface area (Å²) in [4.78, 5) is 0. The summed E-state index contributed by atoms with van der Waals surface area (Å²) in [5.41, 5.74) is 2.59. The number of nitrogens with zero attached hydrogens (tertiary/aromatic N) is 2. The Hall–Kier alpha value is -1.70. The molecule has 0 bridgehead atoms. The Kier molecular flexibility index (Phi) is 4.52. The van der Waals surface area contributed by atoms with Gasteiger partial charge >= 0.3 is 0 Å². The number of nitrogens with one attached hydrogen (secondary N) is 1. The van der Waals surface area contributed by atoms with E-state index < -0.39 is 10.2 Å². The highest BCUT2D eigenvalue weighted by atomic mass is 32.2. The van der Waals surface area contributed by atoms with E-state index in [2.05, 4.69) is 9.88 Å². The van der Waals surface area contributed by atoms with Crippen LogP contribution in [0.2, 0.25) is 0 Å². The molecule has 23 heavy (non-hydrogen) atoms. The van der Waals surface area contributed by atoms with Gasteiger partial charge in [0, 0.05) is 18.7 Å². The zero-order chi connectivity index (χ0) is 16.4. The van der Waals surface area contributed by atoms with Gasteiger partial charge in [0.1, 0.15) is 5.76 Å². The summed E-state index contributed by atoms with van der Waals surface area (Å²) < 4.78 is 34.8. The van der Waals surface area contributed by atoms with Crippen molar-refractivity contribution in [3.8, 4) is 0 Å². The lowest BCUT2D eigenvalue weighted by Gasteiger charge is -2.24. The van der Waals surface area contributed by atoms with Gasteiger partial charge in [-0.05, 0) is 32.3 Å². The maximum atomic E-state index is 12.7. The fraction of sp³-hybridized carbons (Fsp3) is 0.438. The first kappa shape index (κ1) is 16.2. The molecule has 6 nitrogen and oxygen atoms in total. The lowest BCUT2D eigenvalue weighted by atomic mass is 10.0. The fourth-order valence-corrected chi connectivity index (χ4v) is 4.57. The Morgan fingerprint density at radius 3 is 2.70 bits per heavy atom. The molecule has 124 valence electrons. The normalized spacial score (nSPS) is 19.3. The smallest absolute Gasteiger partial charge is 0.280 e. The molecule has 2 heterocycles. The molecule has 1 fully saturated rings. The van der Waals surface area contributed by atoms with Crippen molar-refractivity contribution in [3.63, 3.8) is 0 Å². The highest BCUT2D eigenvalue weighted by molar-refractivity contribution is 7.87. The molecule has 0 unspecified atom stereocenters. The Bertz CT molecular complexity index is 752. The second-order valence-corrected chi connectivity index (χ2v) is 7.53. The van der Waals surface area contributed by atoms with E-state index in [0.717, 1.165) is 29.7 Å². The van der Waals surface area contributed by atoms with Crippen molar-refractivity contribution in [2.24, 2.45) is 0 Å². The predicted molar refractivity (Wildman–Crippen MR) is 86.9 cm³/mol. The van der Waals surface area contributed by atoms with Crippen LogP contribution in [-0.4, -0.2) is 24.4 Å². The van der Waals surface area contributed by atoms with E-state index >= 15 is 0 Å². The molecule has 1 aliphatic heterocycles. The monoisotopic (exact) mass is 335 g/mol. The SMILES string of the molecule is Cc1noc(C)c1[C@@H]1CCCN1S(=O)(=O)NCc1ccccc1. The zero-order valence-corrected chi connectivity index (χ0v) is 14.1. The molecule has 1 aromatic carbocycles. The third kappa shape index (κ3) is 3.31. The second kappa shape index (κ2) is 6.43. The highest BCUT2D eigenvalue weighted by Gasteiger charge is 2.37. The molecule has 1 atom stereocenters. The van der Waals surface area contributed by atoms with Gasteiger partial charge in [0.2, 0.25) is 0 Å². The van der Waals surface area contributed by atoms with Crippen LogP contribution in [0.1, 0.15) is 41.5 Å². The molecular formula is C16H21N3O3S. The number of aromatic nitrogens is 1. The van der Waals surface area contributed by atoms with E-state index in [0.29, 0.717) is 12.3 Å². The number of aryl methyl sites for hydroxylation is 2. The molecule has 2 aromatic rings. The second-order valence-electron chi connectivity index (χ2n) is 5.82. The van der Waals surface area contributed by atoms with Crippen LogP contribution in [0.4, 0.5) is 0 Å². The summed E-state index contributed by atoms with van der Waals surface area (Å²) in [7, 11) is -3.55. The van der Waals surface area contributed by atoms with Gasteiger partial charge in [-0.1, -0.05) is 35.5 Å². The summed E-state index contributed by atoms with van der Waals surface area (Å²) >= 11 is 0. The first-order chi connectivity index (χ1) is 11.0. The molecule has 1 N–H and O–H groups in total. The van der Waals surface area contributed by atoms with Crippen LogP contribution in [0.15, 0.2) is 34.9 Å². The van der Waals surface area contributed by atoms with E-state index in [1.807, 2.05) is 44.2 Å². The molecular weight excluding hydrogens is 314 g/mol. The van der Waals surface area contributed by atoms with Gasteiger partial charge in [-0.15, -0.1) is 0 Å². The Morgan fingerprint density at radius 2 is 2.04 bits per heavy atom. The lowest BCUT2D eigenvalue weighted by molar-refractivity contribution is 0.372. The Labute approximate surface area is 136 Å². The molecule has 1 aromatic heterocycles. The predicted octanol–water partition coefficient (Wildman–Crippen LogP) is 2.46. The van der Waals surface area contributed by atoms with Gasteiger partial charge < -0.3 is 4.52 Å². The standard InChI is InChI=1S/C16H21N3O3S/c1-12-16(13(2)22-18-12)15-9-6-10-19(15)23(20,21)17-11-14-7-4-3-5-8-14/h3-5,7-8,15,17H,6,9-11H2,1-2H3/t15-/m0/s1. The molecule has 0 amide bonds. The summed E-state index contributed by atoms with van der Waals surface area (Å²) in [6.07, 6.45) is 1.62. The molecule has 1 aliphatic rings. The minimum absolute atomic E-state index is 0.200. The third-order valence-corrected chi connectivity index (χ3v) is 5.80. The lowest BCUT2D eigenvalue weighted by Crippen LogP contribution is -2.40. The molecule has 1 saturated heterocycles. The minimum atomic E-state index is -3.55. The van der Waals surface area contributed by atoms with Gasteiger partial charge in [0.05, 0.1) is 11.7 Å². The van der Waals surface area contributed by atoms with E-state index in [1.54, 1.807) is 0 Å². The first-order valence-electron chi connectivity index (χ1n) is 7.72. The van der Waals surface area contributed by atoms with Crippen molar-refractivity contribution >= 4 is 10.2 Å². The van der Waals surface area contributed by atoms with Gasteiger partial charge in [-0.25, -0.2) is 0 Å². The zero-order valence-electron chi connectivity index (χ0n) is 13.3. The van der Waals surface area contributed by atoms with Crippen molar-refractivity contribution in [1.29, 1.82) is 0 Å². The molecule has 0 aliphatic carbocycles. The Balaban J connectivity index is 1.79. The van der Waals surface area contributed by atoms with Crippen LogP contribution < -0.4 is 4.72 Å². The number of benzene rings is 1. The van der Waals surface area contributed by atoms with Gasteiger partial charge in [-0.2, -0.15) is 17.4 Å². The Morgan fingerprint density at radius 1 is 1.30 bits per heavy atom. The van der Waals surface area contributed by atoms with Crippen LogP contribution in [0.25, 0.3) is 0 Å². The van der Waals surface area contributed by atoms with E-state index in [-0.39, 0.29) is 12.6 Å². The van der Waals surface area contributed by atoms with Crippen molar-refractivity contribution in [1.82, 2.24) is 14.2 Å². The average Bonchev–Trinajstić information content (AvgIpc) is 3.13. The number of hydrogen-bond donors (Lipinski definition) is 1. The van der Waals surface area contributed by atoms with Crippen LogP contribution in [0.3, 0.4) is 0 Å². The topological polar surface area (TPSA) is 75.4 Å². The van der Waals surface area contributed by atoms with Crippen molar-refractivity contribution in [2.45, 2.75) is 39.3 Å². The summed E-state index contributed by atoms with van der Waals surface area (Å²) in [5.74, 6) is 0.692. The number of hydrogen-bond acceptors (Lipinski definition) is 4. The van der Waals surface area contributed by atoms with Crippen LogP contribution in [0, 0.1) is 13.8 Å². The van der Waals surface area contributed by atoms with Gasteiger partial charge in [-0.3, -0.25) is 0 Å². The largest absolute Gasteiger partial charge is 0.361 e. The van der Waals surface area contributed by atoms with E-state index in [9.17, 15) is 8.42 Å². The van der Waals surface area contributed by atoms with Gasteiger partial charge in [0.15, 0.2) is 0 Å². The quantitative estimate of drug-likeness (QED) is 0.911. The van der Waals surface area contributed by atoms with Crippen LogP contribution >= 0.6 is 0 Å². The average molecular weight is 335 g/mol. The molecule has 3 rings (SSSR count). The third-order valence-electron chi connectivity index (χ3n) is 4.24. The first-order valence-corrected chi connectivity index (χ1v) is 9.16. The van der Waals surface area contributed by atoms with Crippen molar-refractivity contribution < 1.29 is 12.9 Å². The summed E-state index contributed by atoms with van der Waals surface area (Å²) in [6, 6.07) is 9.30. The maximum absolute atomic E-state index is 12.7. The maximum Gasteiger partial charge on any atom is 0.280 e. The van der Waals surface area contributed by atoms with Crippen molar-refractivity contribution in [3.05, 3.63) is 52.9 Å². The fourth-order valence-electron chi connectivity index (χ4n) is 3.14. The number of rotatable bonds is 5. The van der Waals surface area contributed by atoms with Crippen LogP contribution in [-0.2, 0) is 16.8 Å². The minimum Gasteiger partial charge on any atom is -0.361 e. The molecule has 0 saturated carbocycles. The van der Waals surface area contributed by atoms with Crippen molar-refractivity contribution in [2.75, 3.05) is 6.54 Å². The van der Waals surface area contributed by atoms with Gasteiger partial charge in [0.25, 0.3) is 10.2 Å². The highest BCUT2D eigenvalue weighted by Crippen LogP contribution is 2.36. The molecule has 0 radical (unpaired) electrons.